The lowest BCUT2D eigenvalue weighted by molar-refractivity contribution is -0.125. The quantitative estimate of drug-likeness (QED) is 0.610. The summed E-state index contributed by atoms with van der Waals surface area (Å²) >= 11 is 0. The van der Waals surface area contributed by atoms with E-state index in [-0.39, 0.29) is 29.3 Å². The Labute approximate surface area is 104 Å². The lowest BCUT2D eigenvalue weighted by Gasteiger charge is -2.07. The molecule has 0 aliphatic heterocycles. The first-order valence-corrected chi connectivity index (χ1v) is 5.38. The van der Waals surface area contributed by atoms with E-state index in [1.165, 1.54) is 13.0 Å². The van der Waals surface area contributed by atoms with Crippen LogP contribution in [-0.2, 0) is 9.59 Å². The van der Waals surface area contributed by atoms with E-state index in [2.05, 4.69) is 0 Å². The largest absolute Gasteiger partial charge is 0.508 e. The highest BCUT2D eigenvalue weighted by Crippen LogP contribution is 2.27. The van der Waals surface area contributed by atoms with Gasteiger partial charge in [-0.1, -0.05) is 0 Å². The first-order chi connectivity index (χ1) is 8.31. The molecule has 0 unspecified atom stereocenters. The minimum Gasteiger partial charge on any atom is -0.508 e. The van der Waals surface area contributed by atoms with Crippen LogP contribution in [-0.4, -0.2) is 27.6 Å². The molecule has 0 radical (unpaired) electrons. The number of Topliss-reactive ketones (excluding diaryl/α,β-unsaturated/α-hetero) is 3. The van der Waals surface area contributed by atoms with Crippen LogP contribution < -0.4 is 0 Å². The highest BCUT2D eigenvalue weighted by Gasteiger charge is 2.19. The van der Waals surface area contributed by atoms with Crippen LogP contribution in [0.2, 0.25) is 0 Å². The van der Waals surface area contributed by atoms with E-state index in [1.54, 1.807) is 6.92 Å². The van der Waals surface area contributed by atoms with E-state index in [0.29, 0.717) is 5.56 Å². The second-order valence-corrected chi connectivity index (χ2v) is 4.17. The van der Waals surface area contributed by atoms with Crippen LogP contribution in [0.15, 0.2) is 12.1 Å². The molecular weight excluding hydrogens is 236 g/mol. The predicted octanol–water partition coefficient (Wildman–Crippen LogP) is 1.53. The predicted molar refractivity (Wildman–Crippen MR) is 63.8 cm³/mol. The zero-order valence-corrected chi connectivity index (χ0v) is 10.2. The Bertz CT molecular complexity index is 493. The van der Waals surface area contributed by atoms with Crippen molar-refractivity contribution in [3.8, 4) is 11.5 Å². The summed E-state index contributed by atoms with van der Waals surface area (Å²) in [5.41, 5.74) is 0.387. The second-order valence-electron chi connectivity index (χ2n) is 4.17. The number of aryl methyl sites for hydroxylation is 1. The van der Waals surface area contributed by atoms with E-state index in [1.807, 2.05) is 0 Å². The van der Waals surface area contributed by atoms with Crippen LogP contribution in [0, 0.1) is 6.92 Å². The normalized spacial score (nSPS) is 10.1. The molecule has 5 heteroatoms. The van der Waals surface area contributed by atoms with Gasteiger partial charge in [0, 0.05) is 6.07 Å². The Morgan fingerprint density at radius 1 is 1.11 bits per heavy atom. The Hall–Kier alpha value is -2.17. The van der Waals surface area contributed by atoms with Crippen molar-refractivity contribution in [3.63, 3.8) is 0 Å². The number of hydrogen-bond acceptors (Lipinski definition) is 5. The molecular formula is C13H14O5. The third-order valence-corrected chi connectivity index (χ3v) is 2.38. The molecule has 96 valence electrons. The number of ketones is 3. The maximum absolute atomic E-state index is 11.8. The lowest BCUT2D eigenvalue weighted by Crippen LogP contribution is -2.12. The maximum atomic E-state index is 11.8. The molecule has 2 N–H and O–H groups in total. The fraction of sp³-hybridized carbons (Fsp3) is 0.308. The average molecular weight is 250 g/mol. The highest BCUT2D eigenvalue weighted by molar-refractivity contribution is 6.13. The monoisotopic (exact) mass is 250 g/mol. The van der Waals surface area contributed by atoms with Crippen molar-refractivity contribution in [2.75, 3.05) is 0 Å². The standard InChI is InChI=1S/C13H14O5/c1-7-3-9(15)5-11(17)13(7)12(18)6-10(16)4-8(2)14/h3,5,15,17H,4,6H2,1-2H3. The number of phenols is 2. The van der Waals surface area contributed by atoms with Crippen LogP contribution in [0.3, 0.4) is 0 Å². The minimum atomic E-state index is -0.559. The molecule has 18 heavy (non-hydrogen) atoms. The van der Waals surface area contributed by atoms with Crippen LogP contribution >= 0.6 is 0 Å². The van der Waals surface area contributed by atoms with Crippen LogP contribution in [0.1, 0.15) is 35.7 Å². The summed E-state index contributed by atoms with van der Waals surface area (Å²) in [7, 11) is 0. The summed E-state index contributed by atoms with van der Waals surface area (Å²) in [5, 5.41) is 18.8. The van der Waals surface area contributed by atoms with Gasteiger partial charge in [0.05, 0.1) is 18.4 Å². The molecule has 1 aromatic carbocycles. The fourth-order valence-electron chi connectivity index (χ4n) is 1.72. The summed E-state index contributed by atoms with van der Waals surface area (Å²) in [4.78, 5) is 33.9. The molecule has 0 aliphatic carbocycles. The Morgan fingerprint density at radius 2 is 1.72 bits per heavy atom. The van der Waals surface area contributed by atoms with Crippen LogP contribution in [0.25, 0.3) is 0 Å². The molecule has 0 spiro atoms. The summed E-state index contributed by atoms with van der Waals surface area (Å²) in [5.74, 6) is -1.88. The molecule has 5 nitrogen and oxygen atoms in total. The third kappa shape index (κ3) is 3.41. The van der Waals surface area contributed by atoms with Gasteiger partial charge < -0.3 is 10.2 Å². The van der Waals surface area contributed by atoms with Crippen molar-refractivity contribution in [2.24, 2.45) is 0 Å². The summed E-state index contributed by atoms with van der Waals surface area (Å²) in [6.45, 7) is 2.81. The number of phenolic OH excluding ortho intramolecular Hbond substituents is 2. The number of rotatable bonds is 5. The Morgan fingerprint density at radius 3 is 2.22 bits per heavy atom. The van der Waals surface area contributed by atoms with Crippen molar-refractivity contribution in [1.82, 2.24) is 0 Å². The van der Waals surface area contributed by atoms with Gasteiger partial charge in [-0.05, 0) is 25.5 Å². The van der Waals surface area contributed by atoms with Gasteiger partial charge in [0.15, 0.2) is 5.78 Å². The smallest absolute Gasteiger partial charge is 0.174 e. The van der Waals surface area contributed by atoms with Crippen LogP contribution in [0.5, 0.6) is 11.5 Å². The zero-order chi connectivity index (χ0) is 13.9. The molecule has 0 atom stereocenters. The van der Waals surface area contributed by atoms with E-state index >= 15 is 0 Å². The van der Waals surface area contributed by atoms with Gasteiger partial charge in [0.2, 0.25) is 0 Å². The topological polar surface area (TPSA) is 91.7 Å². The molecule has 0 heterocycles. The first-order valence-electron chi connectivity index (χ1n) is 5.38. The fourth-order valence-corrected chi connectivity index (χ4v) is 1.72. The average Bonchev–Trinajstić information content (AvgIpc) is 2.12. The van der Waals surface area contributed by atoms with E-state index < -0.39 is 18.0 Å². The summed E-state index contributed by atoms with van der Waals surface area (Å²) in [6.07, 6.45) is -0.720. The Kier molecular flexibility index (Phi) is 4.20. The molecule has 0 fully saturated rings. The molecule has 0 saturated heterocycles. The number of carbonyl (C=O) groups excluding carboxylic acids is 3. The van der Waals surface area contributed by atoms with Gasteiger partial charge in [-0.15, -0.1) is 0 Å². The first kappa shape index (κ1) is 13.9. The number of benzene rings is 1. The molecule has 0 saturated carbocycles. The molecule has 0 bridgehead atoms. The summed E-state index contributed by atoms with van der Waals surface area (Å²) in [6, 6.07) is 2.36. The zero-order valence-electron chi connectivity index (χ0n) is 10.2. The molecule has 0 amide bonds. The lowest BCUT2D eigenvalue weighted by atomic mass is 9.98. The van der Waals surface area contributed by atoms with Crippen molar-refractivity contribution in [3.05, 3.63) is 23.3 Å². The second kappa shape index (κ2) is 5.44. The maximum Gasteiger partial charge on any atom is 0.174 e. The van der Waals surface area contributed by atoms with Gasteiger partial charge in [-0.3, -0.25) is 14.4 Å². The number of aromatic hydroxyl groups is 2. The van der Waals surface area contributed by atoms with Gasteiger partial charge in [-0.25, -0.2) is 0 Å². The van der Waals surface area contributed by atoms with E-state index in [4.69, 9.17) is 0 Å². The minimum absolute atomic E-state index is 0.00435. The number of carbonyl (C=O) groups is 3. The number of hydrogen-bond donors (Lipinski definition) is 2. The van der Waals surface area contributed by atoms with E-state index in [0.717, 1.165) is 6.07 Å². The van der Waals surface area contributed by atoms with Gasteiger partial charge >= 0.3 is 0 Å². The third-order valence-electron chi connectivity index (χ3n) is 2.38. The van der Waals surface area contributed by atoms with Gasteiger partial charge in [0.25, 0.3) is 0 Å². The SMILES string of the molecule is CC(=O)CC(=O)CC(=O)c1c(C)cc(O)cc1O. The highest BCUT2D eigenvalue weighted by atomic mass is 16.3. The molecule has 1 rings (SSSR count). The Balaban J connectivity index is 2.92. The van der Waals surface area contributed by atoms with E-state index in [9.17, 15) is 24.6 Å². The van der Waals surface area contributed by atoms with Gasteiger partial charge in [0.1, 0.15) is 23.1 Å². The van der Waals surface area contributed by atoms with Gasteiger partial charge in [-0.2, -0.15) is 0 Å². The molecule has 0 aromatic heterocycles. The van der Waals surface area contributed by atoms with Crippen molar-refractivity contribution in [1.29, 1.82) is 0 Å². The van der Waals surface area contributed by atoms with Crippen molar-refractivity contribution >= 4 is 17.3 Å². The summed E-state index contributed by atoms with van der Waals surface area (Å²) < 4.78 is 0. The van der Waals surface area contributed by atoms with Crippen molar-refractivity contribution in [2.45, 2.75) is 26.7 Å². The molecule has 1 aromatic rings. The van der Waals surface area contributed by atoms with Crippen LogP contribution in [0.4, 0.5) is 0 Å². The molecule has 0 aliphatic rings. The van der Waals surface area contributed by atoms with Crippen molar-refractivity contribution < 1.29 is 24.6 Å².